The predicted octanol–water partition coefficient (Wildman–Crippen LogP) is -0.937. The fourth-order valence-electron chi connectivity index (χ4n) is 3.81. The quantitative estimate of drug-likeness (QED) is 0.624. The molecule has 0 aromatic carbocycles. The van der Waals surface area contributed by atoms with Gasteiger partial charge in [-0.2, -0.15) is 0 Å². The van der Waals surface area contributed by atoms with Crippen molar-refractivity contribution in [1.82, 2.24) is 20.9 Å². The van der Waals surface area contributed by atoms with Crippen molar-refractivity contribution < 1.29 is 9.59 Å². The molecule has 20 heavy (non-hydrogen) atoms. The van der Waals surface area contributed by atoms with E-state index in [0.717, 1.165) is 6.54 Å². The molecular formula is C14H24N4O2. The Morgan fingerprint density at radius 2 is 2.05 bits per heavy atom. The van der Waals surface area contributed by atoms with E-state index in [2.05, 4.69) is 27.9 Å². The van der Waals surface area contributed by atoms with Gasteiger partial charge < -0.3 is 15.5 Å². The van der Waals surface area contributed by atoms with Crippen molar-refractivity contribution in [2.75, 3.05) is 26.7 Å². The molecule has 6 heteroatoms. The maximum atomic E-state index is 12.1. The summed E-state index contributed by atoms with van der Waals surface area (Å²) in [6.07, 6.45) is 5.01. The molecule has 3 saturated heterocycles. The van der Waals surface area contributed by atoms with E-state index in [4.69, 9.17) is 0 Å². The van der Waals surface area contributed by atoms with E-state index in [0.29, 0.717) is 24.5 Å². The number of carbonyl (C=O) groups excluding carboxylic acids is 2. The highest BCUT2D eigenvalue weighted by molar-refractivity contribution is 5.86. The van der Waals surface area contributed by atoms with Crippen LogP contribution in [0, 0.1) is 5.92 Å². The standard InChI is InChI=1S/C14H24N4O2/c1-18-10-2-3-11(18)5-9(4-10)6-17-14(20)12-7-16-13(19)8-15-12/h9-12,15H,2-8H2,1H3,(H,16,19)(H,17,20). The third kappa shape index (κ3) is 2.81. The molecule has 2 amide bonds. The number of piperidine rings is 1. The Bertz CT molecular complexity index is 377. The predicted molar refractivity (Wildman–Crippen MR) is 75.1 cm³/mol. The molecule has 3 unspecified atom stereocenters. The van der Waals surface area contributed by atoms with E-state index in [1.54, 1.807) is 0 Å². The Hall–Kier alpha value is -1.14. The van der Waals surface area contributed by atoms with Crippen LogP contribution in [-0.4, -0.2) is 61.5 Å². The number of amides is 2. The van der Waals surface area contributed by atoms with E-state index in [9.17, 15) is 9.59 Å². The van der Waals surface area contributed by atoms with Gasteiger partial charge in [-0.3, -0.25) is 14.9 Å². The van der Waals surface area contributed by atoms with Gasteiger partial charge in [-0.25, -0.2) is 0 Å². The Morgan fingerprint density at radius 3 is 2.65 bits per heavy atom. The van der Waals surface area contributed by atoms with Gasteiger partial charge in [0.1, 0.15) is 6.04 Å². The van der Waals surface area contributed by atoms with Crippen LogP contribution in [0.5, 0.6) is 0 Å². The molecule has 3 N–H and O–H groups in total. The minimum atomic E-state index is -0.282. The summed E-state index contributed by atoms with van der Waals surface area (Å²) in [5.74, 6) is 0.572. The molecule has 6 nitrogen and oxygen atoms in total. The van der Waals surface area contributed by atoms with Gasteiger partial charge in [0.05, 0.1) is 6.54 Å². The zero-order valence-electron chi connectivity index (χ0n) is 12.0. The highest BCUT2D eigenvalue weighted by atomic mass is 16.2. The van der Waals surface area contributed by atoms with Crippen molar-refractivity contribution in [3.63, 3.8) is 0 Å². The smallest absolute Gasteiger partial charge is 0.238 e. The lowest BCUT2D eigenvalue weighted by molar-refractivity contribution is -0.126. The number of hydrogen-bond acceptors (Lipinski definition) is 4. The maximum absolute atomic E-state index is 12.1. The average molecular weight is 280 g/mol. The number of carbonyl (C=O) groups is 2. The number of hydrogen-bond donors (Lipinski definition) is 3. The van der Waals surface area contributed by atoms with Crippen molar-refractivity contribution >= 4 is 11.8 Å². The zero-order valence-corrected chi connectivity index (χ0v) is 12.0. The summed E-state index contributed by atoms with van der Waals surface area (Å²) in [7, 11) is 2.23. The molecule has 3 atom stereocenters. The average Bonchev–Trinajstić information content (AvgIpc) is 2.66. The van der Waals surface area contributed by atoms with Gasteiger partial charge in [0.2, 0.25) is 11.8 Å². The fraction of sp³-hybridized carbons (Fsp3) is 0.857. The second-order valence-electron chi connectivity index (χ2n) is 6.37. The summed E-state index contributed by atoms with van der Waals surface area (Å²) in [6.45, 7) is 1.39. The van der Waals surface area contributed by atoms with Crippen LogP contribution in [0.3, 0.4) is 0 Å². The summed E-state index contributed by atoms with van der Waals surface area (Å²) in [6, 6.07) is 1.14. The van der Waals surface area contributed by atoms with Gasteiger partial charge in [-0.05, 0) is 38.6 Å². The Balaban J connectivity index is 1.43. The van der Waals surface area contributed by atoms with Crippen molar-refractivity contribution in [3.05, 3.63) is 0 Å². The second-order valence-corrected chi connectivity index (χ2v) is 6.37. The van der Waals surface area contributed by atoms with Crippen LogP contribution in [-0.2, 0) is 9.59 Å². The fourth-order valence-corrected chi connectivity index (χ4v) is 3.81. The topological polar surface area (TPSA) is 73.5 Å². The molecule has 0 aliphatic carbocycles. The molecule has 2 bridgehead atoms. The molecule has 3 rings (SSSR count). The summed E-state index contributed by atoms with van der Waals surface area (Å²) < 4.78 is 0. The van der Waals surface area contributed by atoms with Crippen LogP contribution in [0.4, 0.5) is 0 Å². The monoisotopic (exact) mass is 280 g/mol. The van der Waals surface area contributed by atoms with Crippen molar-refractivity contribution in [2.45, 2.75) is 43.8 Å². The van der Waals surface area contributed by atoms with Crippen LogP contribution in [0.1, 0.15) is 25.7 Å². The summed E-state index contributed by atoms with van der Waals surface area (Å²) in [5, 5.41) is 8.72. The van der Waals surface area contributed by atoms with Gasteiger partial charge in [0.25, 0.3) is 0 Å². The highest BCUT2D eigenvalue weighted by Crippen LogP contribution is 2.36. The number of piperazine rings is 1. The number of rotatable bonds is 3. The Kier molecular flexibility index (Phi) is 3.94. The molecule has 0 aromatic heterocycles. The van der Waals surface area contributed by atoms with E-state index < -0.39 is 0 Å². The molecular weight excluding hydrogens is 256 g/mol. The van der Waals surface area contributed by atoms with Gasteiger partial charge in [0, 0.05) is 25.2 Å². The summed E-state index contributed by atoms with van der Waals surface area (Å²) >= 11 is 0. The van der Waals surface area contributed by atoms with Gasteiger partial charge in [-0.15, -0.1) is 0 Å². The SMILES string of the molecule is CN1C2CCC1CC(CNC(=O)C1CNC(=O)CN1)C2. The van der Waals surface area contributed by atoms with Crippen molar-refractivity contribution in [3.8, 4) is 0 Å². The molecule has 3 fully saturated rings. The first-order chi connectivity index (χ1) is 9.63. The molecule has 112 valence electrons. The van der Waals surface area contributed by atoms with Gasteiger partial charge in [0.15, 0.2) is 0 Å². The third-order valence-electron chi connectivity index (χ3n) is 5.09. The van der Waals surface area contributed by atoms with E-state index in [1.807, 2.05) is 0 Å². The first-order valence-electron chi connectivity index (χ1n) is 7.63. The minimum absolute atomic E-state index is 0.0104. The summed E-state index contributed by atoms with van der Waals surface area (Å²) in [5.41, 5.74) is 0. The van der Waals surface area contributed by atoms with Crippen molar-refractivity contribution in [2.24, 2.45) is 5.92 Å². The number of nitrogens with one attached hydrogen (secondary N) is 3. The lowest BCUT2D eigenvalue weighted by Crippen LogP contribution is -2.58. The van der Waals surface area contributed by atoms with Crippen LogP contribution in [0.2, 0.25) is 0 Å². The van der Waals surface area contributed by atoms with Crippen LogP contribution in [0.25, 0.3) is 0 Å². The second kappa shape index (κ2) is 5.69. The number of nitrogens with zero attached hydrogens (tertiary/aromatic N) is 1. The normalized spacial score (nSPS) is 37.5. The lowest BCUT2D eigenvalue weighted by Gasteiger charge is -2.36. The van der Waals surface area contributed by atoms with E-state index in [-0.39, 0.29) is 24.4 Å². The van der Waals surface area contributed by atoms with Crippen LogP contribution in [0.15, 0.2) is 0 Å². The zero-order chi connectivity index (χ0) is 14.1. The lowest BCUT2D eigenvalue weighted by atomic mass is 9.91. The van der Waals surface area contributed by atoms with Crippen LogP contribution >= 0.6 is 0 Å². The molecule has 3 aliphatic heterocycles. The van der Waals surface area contributed by atoms with Gasteiger partial charge in [-0.1, -0.05) is 0 Å². The third-order valence-corrected chi connectivity index (χ3v) is 5.09. The maximum Gasteiger partial charge on any atom is 0.238 e. The van der Waals surface area contributed by atoms with Crippen molar-refractivity contribution in [1.29, 1.82) is 0 Å². The molecule has 0 spiro atoms. The minimum Gasteiger partial charge on any atom is -0.354 e. The molecule has 0 aromatic rings. The molecule has 0 radical (unpaired) electrons. The first kappa shape index (κ1) is 13.8. The first-order valence-corrected chi connectivity index (χ1v) is 7.63. The largest absolute Gasteiger partial charge is 0.354 e. The molecule has 3 heterocycles. The van der Waals surface area contributed by atoms with E-state index >= 15 is 0 Å². The molecule has 0 saturated carbocycles. The van der Waals surface area contributed by atoms with Gasteiger partial charge >= 0.3 is 0 Å². The Morgan fingerprint density at radius 1 is 1.35 bits per heavy atom. The molecule has 3 aliphatic rings. The van der Waals surface area contributed by atoms with E-state index in [1.165, 1.54) is 25.7 Å². The Labute approximate surface area is 119 Å². The summed E-state index contributed by atoms with van der Waals surface area (Å²) in [4.78, 5) is 25.6. The highest BCUT2D eigenvalue weighted by Gasteiger charge is 2.38. The number of fused-ring (bicyclic) bond motifs is 2. The van der Waals surface area contributed by atoms with Crippen LogP contribution < -0.4 is 16.0 Å².